The number of hydrogen-bond acceptors (Lipinski definition) is 6. The normalized spacial score (nSPS) is 14.5. The minimum Gasteiger partial charge on any atom is -0.291 e. The predicted molar refractivity (Wildman–Crippen MR) is 76.5 cm³/mol. The van der Waals surface area contributed by atoms with Crippen LogP contribution in [0.25, 0.3) is 0 Å². The van der Waals surface area contributed by atoms with E-state index in [0.29, 0.717) is 16.8 Å². The Kier molecular flexibility index (Phi) is 3.30. The molecule has 0 spiro atoms. The maximum absolute atomic E-state index is 12.1. The van der Waals surface area contributed by atoms with Gasteiger partial charge in [-0.2, -0.15) is 10.2 Å². The quantitative estimate of drug-likeness (QED) is 0.375. The van der Waals surface area contributed by atoms with E-state index in [9.17, 15) is 19.7 Å². The number of nitro groups is 1. The highest BCUT2D eigenvalue weighted by Crippen LogP contribution is 2.26. The first-order valence-electron chi connectivity index (χ1n) is 6.40. The number of nitro benzene ring substituents is 1. The molecule has 7 nitrogen and oxygen atoms in total. The lowest BCUT2D eigenvalue weighted by Crippen LogP contribution is -2.18. The van der Waals surface area contributed by atoms with Crippen LogP contribution in [-0.2, 0) is 0 Å². The van der Waals surface area contributed by atoms with E-state index in [-0.39, 0.29) is 17.3 Å². The average Bonchev–Trinajstić information content (AvgIpc) is 2.78. The van der Waals surface area contributed by atoms with E-state index in [2.05, 4.69) is 10.2 Å². The first kappa shape index (κ1) is 13.7. The minimum atomic E-state index is -1.17. The Morgan fingerprint density at radius 3 is 1.95 bits per heavy atom. The Hall–Kier alpha value is -3.22. The Morgan fingerprint density at radius 1 is 0.909 bits per heavy atom. The van der Waals surface area contributed by atoms with Crippen LogP contribution in [0.2, 0.25) is 0 Å². The van der Waals surface area contributed by atoms with Crippen molar-refractivity contribution in [3.05, 3.63) is 69.8 Å². The van der Waals surface area contributed by atoms with E-state index in [1.807, 2.05) is 0 Å². The van der Waals surface area contributed by atoms with Gasteiger partial charge in [0.25, 0.3) is 5.69 Å². The molecule has 7 heteroatoms. The summed E-state index contributed by atoms with van der Waals surface area (Å²) in [4.78, 5) is 34.2. The molecule has 0 amide bonds. The van der Waals surface area contributed by atoms with Crippen molar-refractivity contribution in [1.29, 1.82) is 0 Å². The summed E-state index contributed by atoms with van der Waals surface area (Å²) in [5.74, 6) is -0.766. The number of hydrogen-bond donors (Lipinski definition) is 0. The highest BCUT2D eigenvalue weighted by atomic mass is 16.6. The molecule has 0 fully saturated rings. The summed E-state index contributed by atoms with van der Waals surface area (Å²) in [6.45, 7) is 0. The number of carbonyl (C=O) groups excluding carboxylic acids is 2. The van der Waals surface area contributed by atoms with Gasteiger partial charge >= 0.3 is 0 Å². The number of rotatable bonds is 3. The highest BCUT2D eigenvalue weighted by Gasteiger charge is 2.38. The second kappa shape index (κ2) is 5.28. The van der Waals surface area contributed by atoms with E-state index in [4.69, 9.17) is 0 Å². The highest BCUT2D eigenvalue weighted by molar-refractivity contribution is 6.29. The number of Topliss-reactive ketones (excluding diaryl/α,β-unsaturated/α-hetero) is 2. The summed E-state index contributed by atoms with van der Waals surface area (Å²) in [6.07, 6.45) is 0. The SMILES string of the molecule is O=C1c2ccccc2C(=O)C1N=Nc1ccc([N+](=O)[O-])cc1. The molecule has 0 bridgehead atoms. The molecule has 2 aromatic carbocycles. The molecule has 0 heterocycles. The van der Waals surface area contributed by atoms with Crippen molar-refractivity contribution in [2.24, 2.45) is 10.2 Å². The first-order valence-corrected chi connectivity index (χ1v) is 6.40. The second-order valence-electron chi connectivity index (χ2n) is 4.67. The van der Waals surface area contributed by atoms with Gasteiger partial charge in [-0.3, -0.25) is 19.7 Å². The molecular formula is C15H9N3O4. The van der Waals surface area contributed by atoms with Gasteiger partial charge in [-0.25, -0.2) is 0 Å². The number of benzene rings is 2. The van der Waals surface area contributed by atoms with Gasteiger partial charge < -0.3 is 0 Å². The molecule has 0 saturated carbocycles. The molecule has 3 rings (SSSR count). The van der Waals surface area contributed by atoms with E-state index < -0.39 is 11.0 Å². The van der Waals surface area contributed by atoms with Gasteiger partial charge in [0, 0.05) is 23.3 Å². The fourth-order valence-electron chi connectivity index (χ4n) is 2.20. The van der Waals surface area contributed by atoms with Crippen molar-refractivity contribution in [3.63, 3.8) is 0 Å². The van der Waals surface area contributed by atoms with Gasteiger partial charge in [0.1, 0.15) is 0 Å². The van der Waals surface area contributed by atoms with Gasteiger partial charge in [0.15, 0.2) is 17.6 Å². The lowest BCUT2D eigenvalue weighted by Gasteiger charge is -1.98. The minimum absolute atomic E-state index is 0.0700. The molecule has 0 aliphatic heterocycles. The number of nitrogens with zero attached hydrogens (tertiary/aromatic N) is 3. The summed E-state index contributed by atoms with van der Waals surface area (Å²) >= 11 is 0. The molecule has 22 heavy (non-hydrogen) atoms. The fraction of sp³-hybridized carbons (Fsp3) is 0.0667. The van der Waals surface area contributed by atoms with E-state index >= 15 is 0 Å². The van der Waals surface area contributed by atoms with Crippen molar-refractivity contribution in [3.8, 4) is 0 Å². The van der Waals surface area contributed by atoms with Crippen molar-refractivity contribution < 1.29 is 14.5 Å². The summed E-state index contributed by atoms with van der Waals surface area (Å²) in [7, 11) is 0. The maximum Gasteiger partial charge on any atom is 0.269 e. The van der Waals surface area contributed by atoms with Gasteiger partial charge in [-0.15, -0.1) is 0 Å². The molecular weight excluding hydrogens is 286 g/mol. The second-order valence-corrected chi connectivity index (χ2v) is 4.67. The van der Waals surface area contributed by atoms with Crippen LogP contribution >= 0.6 is 0 Å². The van der Waals surface area contributed by atoms with Gasteiger partial charge in [-0.05, 0) is 12.1 Å². The molecule has 0 aromatic heterocycles. The number of carbonyl (C=O) groups is 2. The molecule has 108 valence electrons. The van der Waals surface area contributed by atoms with Crippen LogP contribution < -0.4 is 0 Å². The van der Waals surface area contributed by atoms with Crippen LogP contribution in [0.1, 0.15) is 20.7 Å². The van der Waals surface area contributed by atoms with E-state index in [0.717, 1.165) is 0 Å². The summed E-state index contributed by atoms with van der Waals surface area (Å²) in [5.41, 5.74) is 0.960. The van der Waals surface area contributed by atoms with Crippen molar-refractivity contribution in [1.82, 2.24) is 0 Å². The molecule has 0 radical (unpaired) electrons. The monoisotopic (exact) mass is 295 g/mol. The van der Waals surface area contributed by atoms with Crippen LogP contribution in [0.5, 0.6) is 0 Å². The lowest BCUT2D eigenvalue weighted by molar-refractivity contribution is -0.384. The lowest BCUT2D eigenvalue weighted by atomic mass is 10.1. The zero-order valence-electron chi connectivity index (χ0n) is 11.2. The zero-order chi connectivity index (χ0) is 15.7. The summed E-state index contributed by atoms with van der Waals surface area (Å²) in [5, 5.41) is 18.2. The average molecular weight is 295 g/mol. The molecule has 1 aliphatic carbocycles. The van der Waals surface area contributed by atoms with Crippen LogP contribution in [0.4, 0.5) is 11.4 Å². The van der Waals surface area contributed by atoms with Crippen molar-refractivity contribution >= 4 is 22.9 Å². The number of azo groups is 1. The van der Waals surface area contributed by atoms with Crippen molar-refractivity contribution in [2.45, 2.75) is 6.04 Å². The number of ketones is 2. The molecule has 0 saturated heterocycles. The molecule has 0 atom stereocenters. The Labute approximate surface area is 124 Å². The van der Waals surface area contributed by atoms with Crippen LogP contribution in [0.15, 0.2) is 58.8 Å². The Bertz CT molecular complexity index is 777. The van der Waals surface area contributed by atoms with Crippen LogP contribution in [-0.4, -0.2) is 22.5 Å². The van der Waals surface area contributed by atoms with Gasteiger partial charge in [0.2, 0.25) is 0 Å². The number of non-ortho nitro benzene ring substituents is 1. The van der Waals surface area contributed by atoms with Crippen LogP contribution in [0.3, 0.4) is 0 Å². The van der Waals surface area contributed by atoms with Crippen molar-refractivity contribution in [2.75, 3.05) is 0 Å². The summed E-state index contributed by atoms with van der Waals surface area (Å²) < 4.78 is 0. The Balaban J connectivity index is 1.83. The molecule has 1 aliphatic rings. The van der Waals surface area contributed by atoms with E-state index in [1.165, 1.54) is 24.3 Å². The summed E-state index contributed by atoms with van der Waals surface area (Å²) in [6, 6.07) is 10.7. The standard InChI is InChI=1S/C15H9N3O4/c19-14-11-3-1-2-4-12(11)15(20)13(14)17-16-9-5-7-10(8-6-9)18(21)22/h1-8,13H. The topological polar surface area (TPSA) is 102 Å². The van der Waals surface area contributed by atoms with Crippen LogP contribution in [0, 0.1) is 10.1 Å². The van der Waals surface area contributed by atoms with Gasteiger partial charge in [-0.1, -0.05) is 24.3 Å². The zero-order valence-corrected chi connectivity index (χ0v) is 11.2. The molecule has 2 aromatic rings. The number of fused-ring (bicyclic) bond motifs is 1. The van der Waals surface area contributed by atoms with Gasteiger partial charge in [0.05, 0.1) is 10.6 Å². The first-order chi connectivity index (χ1) is 10.6. The Morgan fingerprint density at radius 2 is 1.45 bits per heavy atom. The largest absolute Gasteiger partial charge is 0.291 e. The maximum atomic E-state index is 12.1. The smallest absolute Gasteiger partial charge is 0.269 e. The third kappa shape index (κ3) is 2.28. The molecule has 0 unspecified atom stereocenters. The van der Waals surface area contributed by atoms with E-state index in [1.54, 1.807) is 24.3 Å². The molecule has 0 N–H and O–H groups in total. The third-order valence-corrected chi connectivity index (χ3v) is 3.30. The predicted octanol–water partition coefficient (Wildman–Crippen LogP) is 3.13. The fourth-order valence-corrected chi connectivity index (χ4v) is 2.20. The third-order valence-electron chi connectivity index (χ3n) is 3.30.